The van der Waals surface area contributed by atoms with Gasteiger partial charge in [0.15, 0.2) is 4.77 Å². The summed E-state index contributed by atoms with van der Waals surface area (Å²) in [4.78, 5) is 11.1. The minimum absolute atomic E-state index is 0.00173. The third kappa shape index (κ3) is 4.38. The van der Waals surface area contributed by atoms with E-state index in [1.165, 1.54) is 0 Å². The number of rotatable bonds is 7. The van der Waals surface area contributed by atoms with Crippen LogP contribution in [0, 0.1) is 10.2 Å². The predicted octanol–water partition coefficient (Wildman–Crippen LogP) is 5.10. The smallest absolute Gasteiger partial charge is 0.305 e. The normalized spacial score (nSPS) is 10.8. The summed E-state index contributed by atoms with van der Waals surface area (Å²) in [7, 11) is 0. The number of carboxylic acid groups (broad SMARTS) is 1. The van der Waals surface area contributed by atoms with E-state index in [9.17, 15) is 4.79 Å². The van der Waals surface area contributed by atoms with Gasteiger partial charge in [0.1, 0.15) is 5.84 Å². The van der Waals surface area contributed by atoms with Crippen molar-refractivity contribution in [2.24, 2.45) is 5.73 Å². The molecule has 4 rings (SSSR count). The minimum atomic E-state index is -0.860. The first-order valence-electron chi connectivity index (χ1n) is 10.1. The maximum absolute atomic E-state index is 11.1. The molecule has 7 heteroatoms. The first-order valence-corrected chi connectivity index (χ1v) is 10.5. The van der Waals surface area contributed by atoms with Gasteiger partial charge < -0.3 is 15.4 Å². The molecular weight excluding hydrogens is 420 g/mol. The third-order valence-corrected chi connectivity index (χ3v) is 5.66. The van der Waals surface area contributed by atoms with Crippen molar-refractivity contribution in [1.29, 1.82) is 5.41 Å². The molecule has 0 aliphatic rings. The Labute approximate surface area is 190 Å². The summed E-state index contributed by atoms with van der Waals surface area (Å²) in [5.41, 5.74) is 11.1. The number of nitrogens with one attached hydrogen (secondary N) is 1. The number of hydrogen-bond acceptors (Lipinski definition) is 3. The van der Waals surface area contributed by atoms with Crippen molar-refractivity contribution in [1.82, 2.24) is 9.13 Å². The number of aryl methyl sites for hydroxylation is 1. The highest BCUT2D eigenvalue weighted by Crippen LogP contribution is 2.28. The highest BCUT2D eigenvalue weighted by Gasteiger charge is 2.13. The molecule has 0 aliphatic heterocycles. The number of benzene rings is 3. The van der Waals surface area contributed by atoms with Gasteiger partial charge in [0.05, 0.1) is 12.1 Å². The van der Waals surface area contributed by atoms with Crippen LogP contribution in [-0.4, -0.2) is 26.0 Å². The van der Waals surface area contributed by atoms with E-state index in [0.717, 1.165) is 28.1 Å². The first kappa shape index (κ1) is 21.3. The number of hydrogen-bond donors (Lipinski definition) is 3. The van der Waals surface area contributed by atoms with Crippen LogP contribution in [0.2, 0.25) is 0 Å². The molecule has 0 radical (unpaired) electrons. The number of imidazole rings is 1. The molecule has 3 aromatic carbocycles. The summed E-state index contributed by atoms with van der Waals surface area (Å²) >= 11 is 5.69. The van der Waals surface area contributed by atoms with Crippen molar-refractivity contribution in [3.63, 3.8) is 0 Å². The summed E-state index contributed by atoms with van der Waals surface area (Å²) in [6.45, 7) is 0.307. The molecule has 4 aromatic rings. The van der Waals surface area contributed by atoms with E-state index in [1.807, 2.05) is 89.6 Å². The van der Waals surface area contributed by atoms with E-state index in [-0.39, 0.29) is 12.3 Å². The number of amidine groups is 1. The van der Waals surface area contributed by atoms with Crippen LogP contribution in [0.3, 0.4) is 0 Å². The monoisotopic (exact) mass is 442 g/mol. The second-order valence-corrected chi connectivity index (χ2v) is 7.74. The molecule has 0 saturated heterocycles. The predicted molar refractivity (Wildman–Crippen MR) is 129 cm³/mol. The van der Waals surface area contributed by atoms with E-state index in [1.54, 1.807) is 4.57 Å². The fourth-order valence-corrected chi connectivity index (χ4v) is 3.92. The second-order valence-electron chi connectivity index (χ2n) is 7.37. The number of para-hydroxylation sites is 1. The number of nitrogens with two attached hydrogens (primary N) is 1. The molecule has 0 unspecified atom stereocenters. The van der Waals surface area contributed by atoms with Crippen LogP contribution in [0.1, 0.15) is 12.0 Å². The zero-order chi connectivity index (χ0) is 22.7. The van der Waals surface area contributed by atoms with Gasteiger partial charge in [-0.1, -0.05) is 66.7 Å². The SMILES string of the molecule is N=C(N)c1ccc(-c2ccc(-c3cn(CCC(=O)O)c(=S)n3-c3ccccc3)cc2)cc1. The summed E-state index contributed by atoms with van der Waals surface area (Å²) in [5, 5.41) is 16.6. The van der Waals surface area contributed by atoms with Gasteiger partial charge in [-0.25, -0.2) is 0 Å². The van der Waals surface area contributed by atoms with Gasteiger partial charge in [-0.3, -0.25) is 14.8 Å². The second kappa shape index (κ2) is 9.03. The van der Waals surface area contributed by atoms with Gasteiger partial charge in [-0.15, -0.1) is 0 Å². The molecule has 4 N–H and O–H groups in total. The molecule has 0 spiro atoms. The molecule has 0 saturated carbocycles. The average molecular weight is 443 g/mol. The standard InChI is InChI=1S/C25H22N4O2S/c26-24(27)20-12-8-18(9-13-20)17-6-10-19(11-7-17)22-16-28(15-14-23(30)31)25(32)29(22)21-4-2-1-3-5-21/h1-13,16H,14-15H2,(H3,26,27)(H,30,31). The summed E-state index contributed by atoms with van der Waals surface area (Å²) in [6.07, 6.45) is 1.91. The van der Waals surface area contributed by atoms with Crippen LogP contribution in [0.25, 0.3) is 28.1 Å². The molecule has 0 atom stereocenters. The van der Waals surface area contributed by atoms with Crippen LogP contribution < -0.4 is 5.73 Å². The molecular formula is C25H22N4O2S. The molecule has 160 valence electrons. The van der Waals surface area contributed by atoms with E-state index >= 15 is 0 Å². The van der Waals surface area contributed by atoms with Gasteiger partial charge in [-0.05, 0) is 35.5 Å². The minimum Gasteiger partial charge on any atom is -0.481 e. The Bertz CT molecular complexity index is 1320. The van der Waals surface area contributed by atoms with Crippen LogP contribution in [0.15, 0.2) is 85.1 Å². The fraction of sp³-hybridized carbons (Fsp3) is 0.0800. The van der Waals surface area contributed by atoms with Crippen LogP contribution in [-0.2, 0) is 11.3 Å². The van der Waals surface area contributed by atoms with Gasteiger partial charge in [-0.2, -0.15) is 0 Å². The fourth-order valence-electron chi connectivity index (χ4n) is 3.57. The maximum atomic E-state index is 11.1. The van der Waals surface area contributed by atoms with E-state index in [0.29, 0.717) is 16.9 Å². The summed E-state index contributed by atoms with van der Waals surface area (Å²) in [6, 6.07) is 25.5. The van der Waals surface area contributed by atoms with Crippen LogP contribution in [0.5, 0.6) is 0 Å². The van der Waals surface area contributed by atoms with Crippen LogP contribution >= 0.6 is 12.2 Å². The molecule has 0 amide bonds. The number of nitrogens with zero attached hydrogens (tertiary/aromatic N) is 2. The highest BCUT2D eigenvalue weighted by atomic mass is 32.1. The molecule has 32 heavy (non-hydrogen) atoms. The number of aromatic nitrogens is 2. The summed E-state index contributed by atoms with van der Waals surface area (Å²) in [5.74, 6) is -0.814. The molecule has 0 fully saturated rings. The molecule has 1 heterocycles. The number of aliphatic carboxylic acids is 1. The Hall–Kier alpha value is -3.97. The van der Waals surface area contributed by atoms with Crippen molar-refractivity contribution in [2.75, 3.05) is 0 Å². The van der Waals surface area contributed by atoms with Gasteiger partial charge in [0, 0.05) is 29.6 Å². The van der Waals surface area contributed by atoms with Crippen molar-refractivity contribution < 1.29 is 9.90 Å². The Morgan fingerprint density at radius 2 is 1.47 bits per heavy atom. The lowest BCUT2D eigenvalue weighted by atomic mass is 10.0. The Kier molecular flexibility index (Phi) is 6.00. The molecule has 0 bridgehead atoms. The highest BCUT2D eigenvalue weighted by molar-refractivity contribution is 7.71. The number of carboxylic acids is 1. The van der Waals surface area contributed by atoms with Gasteiger partial charge in [0.25, 0.3) is 0 Å². The lowest BCUT2D eigenvalue weighted by Crippen LogP contribution is -2.10. The van der Waals surface area contributed by atoms with Gasteiger partial charge >= 0.3 is 5.97 Å². The zero-order valence-electron chi connectivity index (χ0n) is 17.2. The number of carbonyl (C=O) groups is 1. The molecule has 0 aliphatic carbocycles. The lowest BCUT2D eigenvalue weighted by molar-refractivity contribution is -0.137. The Morgan fingerprint density at radius 1 is 0.906 bits per heavy atom. The van der Waals surface area contributed by atoms with Crippen molar-refractivity contribution in [2.45, 2.75) is 13.0 Å². The molecule has 1 aromatic heterocycles. The molecule has 6 nitrogen and oxygen atoms in total. The van der Waals surface area contributed by atoms with Crippen molar-refractivity contribution in [3.8, 4) is 28.1 Å². The quantitative estimate of drug-likeness (QED) is 0.211. The van der Waals surface area contributed by atoms with Crippen molar-refractivity contribution in [3.05, 3.63) is 95.4 Å². The third-order valence-electron chi connectivity index (χ3n) is 5.25. The first-order chi connectivity index (χ1) is 15.4. The largest absolute Gasteiger partial charge is 0.481 e. The Balaban J connectivity index is 1.73. The Morgan fingerprint density at radius 3 is 2.03 bits per heavy atom. The van der Waals surface area contributed by atoms with E-state index in [4.69, 9.17) is 28.5 Å². The maximum Gasteiger partial charge on any atom is 0.305 e. The van der Waals surface area contributed by atoms with Gasteiger partial charge in [0.2, 0.25) is 0 Å². The summed E-state index contributed by atoms with van der Waals surface area (Å²) < 4.78 is 4.32. The zero-order valence-corrected chi connectivity index (χ0v) is 18.0. The topological polar surface area (TPSA) is 97.0 Å². The van der Waals surface area contributed by atoms with E-state index < -0.39 is 5.97 Å². The number of nitrogen functional groups attached to an aromatic ring is 1. The van der Waals surface area contributed by atoms with E-state index in [2.05, 4.69) is 0 Å². The van der Waals surface area contributed by atoms with Crippen LogP contribution in [0.4, 0.5) is 0 Å². The lowest BCUT2D eigenvalue weighted by Gasteiger charge is -2.10. The van der Waals surface area contributed by atoms with Crippen molar-refractivity contribution >= 4 is 24.0 Å². The average Bonchev–Trinajstić information content (AvgIpc) is 3.14.